The summed E-state index contributed by atoms with van der Waals surface area (Å²) in [6.07, 6.45) is -1.61. The fourth-order valence-corrected chi connectivity index (χ4v) is 6.98. The molecule has 0 radical (unpaired) electrons. The zero-order valence-electron chi connectivity index (χ0n) is 21.9. The summed E-state index contributed by atoms with van der Waals surface area (Å²) in [7, 11) is 0. The van der Waals surface area contributed by atoms with Gasteiger partial charge < -0.3 is 28.8 Å². The number of allylic oxidation sites excluding steroid dienone is 1. The first-order chi connectivity index (χ1) is 16.7. The van der Waals surface area contributed by atoms with Crippen molar-refractivity contribution in [3.8, 4) is 0 Å². The number of fused-ring (bicyclic) bond motifs is 1. The molecule has 1 N–H and O–H groups in total. The Hall–Kier alpha value is -2.46. The van der Waals surface area contributed by atoms with Crippen LogP contribution < -0.4 is 0 Å². The Kier molecular flexibility index (Phi) is 6.53. The van der Waals surface area contributed by atoms with Gasteiger partial charge in [-0.15, -0.1) is 0 Å². The van der Waals surface area contributed by atoms with E-state index in [-0.39, 0.29) is 6.42 Å². The van der Waals surface area contributed by atoms with E-state index in [2.05, 4.69) is 0 Å². The van der Waals surface area contributed by atoms with Gasteiger partial charge in [0.25, 0.3) is 0 Å². The van der Waals surface area contributed by atoms with Crippen molar-refractivity contribution in [1.29, 1.82) is 0 Å². The third kappa shape index (κ3) is 3.84. The van der Waals surface area contributed by atoms with E-state index in [4.69, 9.17) is 23.7 Å². The summed E-state index contributed by atoms with van der Waals surface area (Å²) in [5.74, 6) is -3.37. The summed E-state index contributed by atoms with van der Waals surface area (Å²) in [5, 5.41) is 12.1. The first-order valence-electron chi connectivity index (χ1n) is 12.5. The summed E-state index contributed by atoms with van der Waals surface area (Å²) in [5.41, 5.74) is -2.98. The predicted octanol–water partition coefficient (Wildman–Crippen LogP) is 2.00. The maximum Gasteiger partial charge on any atom is 0.342 e. The van der Waals surface area contributed by atoms with Gasteiger partial charge in [0.2, 0.25) is 0 Å². The summed E-state index contributed by atoms with van der Waals surface area (Å²) in [4.78, 5) is 49.2. The summed E-state index contributed by atoms with van der Waals surface area (Å²) < 4.78 is 29.0. The Morgan fingerprint density at radius 1 is 1.03 bits per heavy atom. The molecule has 0 amide bonds. The fraction of sp³-hybridized carbons (Fsp3) is 0.769. The van der Waals surface area contributed by atoms with Gasteiger partial charge in [0.05, 0.1) is 6.10 Å². The largest absolute Gasteiger partial charge is 0.462 e. The minimum Gasteiger partial charge on any atom is -0.462 e. The Morgan fingerprint density at radius 2 is 1.61 bits per heavy atom. The molecule has 0 aromatic carbocycles. The summed E-state index contributed by atoms with van der Waals surface area (Å²) in [6, 6.07) is 0. The van der Waals surface area contributed by atoms with E-state index in [1.54, 1.807) is 13.0 Å². The molecule has 0 unspecified atom stereocenters. The highest BCUT2D eigenvalue weighted by Gasteiger charge is 2.86. The van der Waals surface area contributed by atoms with Crippen LogP contribution in [0.1, 0.15) is 67.7 Å². The number of hydrogen-bond donors (Lipinski definition) is 1. The molecule has 0 aromatic heterocycles. The Balaban J connectivity index is 1.92. The van der Waals surface area contributed by atoms with Crippen LogP contribution in [0.2, 0.25) is 0 Å². The van der Waals surface area contributed by atoms with E-state index in [9.17, 15) is 24.3 Å². The summed E-state index contributed by atoms with van der Waals surface area (Å²) >= 11 is 0. The normalized spacial score (nSPS) is 47.1. The lowest BCUT2D eigenvalue weighted by molar-refractivity contribution is -0.230. The molecule has 36 heavy (non-hydrogen) atoms. The van der Waals surface area contributed by atoms with Gasteiger partial charge in [0.1, 0.15) is 18.3 Å². The molecular formula is C26H36O10. The minimum absolute atomic E-state index is 0.163. The summed E-state index contributed by atoms with van der Waals surface area (Å²) in [6.45, 7) is 11.0. The van der Waals surface area contributed by atoms with Crippen LogP contribution in [-0.4, -0.2) is 70.7 Å². The standard InChI is InChI=1S/C26H36O10/c1-12-8-9-18(33-15(4)28)24(6)19(34-16(5)29)11-17(32-14(3)27)13(2)21(24)22(30)26-20(10-12)35-23(31)25(26,7)36-26/h10,13,17-22,30H,8-9,11H2,1-7H3/b12-10-/t13-,17-,18+,19-,20-,21+,22+,24+,25-,26-/m0/s1. The molecule has 200 valence electrons. The third-order valence-electron chi connectivity index (χ3n) is 8.78. The molecule has 0 bridgehead atoms. The molecule has 10 heteroatoms. The lowest BCUT2D eigenvalue weighted by Crippen LogP contribution is -2.65. The van der Waals surface area contributed by atoms with E-state index >= 15 is 0 Å². The lowest BCUT2D eigenvalue weighted by Gasteiger charge is -2.56. The highest BCUT2D eigenvalue weighted by Crippen LogP contribution is 2.65. The number of epoxide rings is 1. The van der Waals surface area contributed by atoms with Gasteiger partial charge in [-0.05, 0) is 38.7 Å². The van der Waals surface area contributed by atoms with Gasteiger partial charge in [0.15, 0.2) is 17.3 Å². The van der Waals surface area contributed by atoms with Crippen LogP contribution in [0.3, 0.4) is 0 Å². The van der Waals surface area contributed by atoms with Gasteiger partial charge in [-0.1, -0.05) is 19.4 Å². The molecule has 4 rings (SSSR count). The average molecular weight is 509 g/mol. The molecule has 4 aliphatic rings. The molecule has 1 saturated carbocycles. The zero-order chi connectivity index (χ0) is 26.8. The van der Waals surface area contributed by atoms with Crippen molar-refractivity contribution in [2.45, 2.75) is 109 Å². The second-order valence-corrected chi connectivity index (χ2v) is 11.1. The number of aliphatic hydroxyl groups is 1. The first kappa shape index (κ1) is 26.6. The average Bonchev–Trinajstić information content (AvgIpc) is 3.35. The molecule has 10 nitrogen and oxygen atoms in total. The van der Waals surface area contributed by atoms with Gasteiger partial charge in [0, 0.05) is 38.5 Å². The molecule has 0 aromatic rings. The fourth-order valence-electron chi connectivity index (χ4n) is 6.98. The van der Waals surface area contributed by atoms with Crippen molar-refractivity contribution in [3.05, 3.63) is 11.6 Å². The minimum atomic E-state index is -1.39. The number of hydrogen-bond acceptors (Lipinski definition) is 10. The Bertz CT molecular complexity index is 1000. The SMILES string of the molecule is CC(=O)O[C@H]1C[C@H](OC(C)=O)[C@]2(C)[C@H]([C@H]1C)[C@@H](O)[C@]13O[C@@]1(C)C(=O)O[C@H]3/C=C(/C)CC[C@H]2OC(C)=O. The predicted molar refractivity (Wildman–Crippen MR) is 123 cm³/mol. The number of aliphatic hydroxyl groups excluding tert-OH is 1. The van der Waals surface area contributed by atoms with Crippen molar-refractivity contribution in [3.63, 3.8) is 0 Å². The van der Waals surface area contributed by atoms with Gasteiger partial charge >= 0.3 is 23.9 Å². The lowest BCUT2D eigenvalue weighted by atomic mass is 9.53. The molecular weight excluding hydrogens is 472 g/mol. The van der Waals surface area contributed by atoms with Crippen LogP contribution in [0, 0.1) is 17.3 Å². The molecule has 10 atom stereocenters. The van der Waals surface area contributed by atoms with E-state index in [1.165, 1.54) is 20.8 Å². The maximum absolute atomic E-state index is 12.8. The van der Waals surface area contributed by atoms with Crippen LogP contribution in [0.25, 0.3) is 0 Å². The Labute approximate surface area is 210 Å². The monoisotopic (exact) mass is 508 g/mol. The van der Waals surface area contributed by atoms with Gasteiger partial charge in [-0.3, -0.25) is 14.4 Å². The highest BCUT2D eigenvalue weighted by molar-refractivity contribution is 5.88. The topological polar surface area (TPSA) is 138 Å². The van der Waals surface area contributed by atoms with Crippen molar-refractivity contribution < 1.29 is 48.0 Å². The molecule has 2 heterocycles. The van der Waals surface area contributed by atoms with Crippen LogP contribution in [0.4, 0.5) is 0 Å². The van der Waals surface area contributed by atoms with Gasteiger partial charge in [-0.2, -0.15) is 0 Å². The van der Waals surface area contributed by atoms with Crippen molar-refractivity contribution >= 4 is 23.9 Å². The van der Waals surface area contributed by atoms with E-state index in [0.29, 0.717) is 12.8 Å². The third-order valence-corrected chi connectivity index (χ3v) is 8.78. The van der Waals surface area contributed by atoms with Crippen LogP contribution in [0.15, 0.2) is 11.6 Å². The quantitative estimate of drug-likeness (QED) is 0.261. The maximum atomic E-state index is 12.8. The van der Waals surface area contributed by atoms with E-state index in [0.717, 1.165) is 5.57 Å². The second-order valence-electron chi connectivity index (χ2n) is 11.1. The van der Waals surface area contributed by atoms with Crippen LogP contribution in [0.5, 0.6) is 0 Å². The van der Waals surface area contributed by atoms with Gasteiger partial charge in [-0.25, -0.2) is 4.79 Å². The second kappa shape index (κ2) is 8.83. The number of carbonyl (C=O) groups is 4. The number of ether oxygens (including phenoxy) is 5. The van der Waals surface area contributed by atoms with Crippen LogP contribution >= 0.6 is 0 Å². The molecule has 1 spiro atoms. The number of carbonyl (C=O) groups excluding carboxylic acids is 4. The molecule has 2 saturated heterocycles. The van der Waals surface area contributed by atoms with Crippen molar-refractivity contribution in [1.82, 2.24) is 0 Å². The van der Waals surface area contributed by atoms with E-state index < -0.39 is 82.8 Å². The van der Waals surface area contributed by atoms with E-state index in [1.807, 2.05) is 20.8 Å². The molecule has 2 aliphatic carbocycles. The smallest absolute Gasteiger partial charge is 0.342 e. The number of esters is 4. The van der Waals surface area contributed by atoms with Crippen LogP contribution in [-0.2, 0) is 42.9 Å². The Morgan fingerprint density at radius 3 is 2.17 bits per heavy atom. The zero-order valence-corrected chi connectivity index (χ0v) is 21.9. The molecule has 3 fully saturated rings. The molecule has 2 aliphatic heterocycles. The van der Waals surface area contributed by atoms with Crippen molar-refractivity contribution in [2.24, 2.45) is 17.3 Å². The first-order valence-corrected chi connectivity index (χ1v) is 12.5. The number of rotatable bonds is 3. The van der Waals surface area contributed by atoms with Crippen molar-refractivity contribution in [2.75, 3.05) is 0 Å². The highest BCUT2D eigenvalue weighted by atomic mass is 16.7.